The molecule has 0 aliphatic carbocycles. The van der Waals surface area contributed by atoms with Gasteiger partial charge >= 0.3 is 0 Å². The molecule has 1 aliphatic rings. The Hall–Kier alpha value is -3.18. The van der Waals surface area contributed by atoms with Gasteiger partial charge in [-0.25, -0.2) is 4.99 Å². The molecule has 0 radical (unpaired) electrons. The van der Waals surface area contributed by atoms with E-state index in [1.54, 1.807) is 4.90 Å². The fraction of sp³-hybridized carbons (Fsp3) is 0.160. The lowest BCUT2D eigenvalue weighted by molar-refractivity contribution is -0.116. The molecular weight excluding hydrogens is 392 g/mol. The molecule has 1 aliphatic heterocycles. The van der Waals surface area contributed by atoms with Crippen LogP contribution in [0.3, 0.4) is 0 Å². The first-order valence-electron chi connectivity index (χ1n) is 9.83. The summed E-state index contributed by atoms with van der Waals surface area (Å²) in [6.07, 6.45) is 0.142. The molecule has 1 amide bonds. The van der Waals surface area contributed by atoms with Crippen LogP contribution >= 0.6 is 11.8 Å². The van der Waals surface area contributed by atoms with Crippen LogP contribution in [0.25, 0.3) is 0 Å². The third kappa shape index (κ3) is 4.21. The van der Waals surface area contributed by atoms with Gasteiger partial charge in [-0.2, -0.15) is 0 Å². The first kappa shape index (κ1) is 20.1. The predicted molar refractivity (Wildman–Crippen MR) is 124 cm³/mol. The third-order valence-corrected chi connectivity index (χ3v) is 6.27. The number of anilines is 1. The van der Waals surface area contributed by atoms with Crippen molar-refractivity contribution in [1.82, 2.24) is 0 Å². The molecule has 0 saturated carbocycles. The van der Waals surface area contributed by atoms with Gasteiger partial charge in [0.05, 0.1) is 16.6 Å². The monoisotopic (exact) mass is 414 g/mol. The van der Waals surface area contributed by atoms with Crippen molar-refractivity contribution >= 4 is 40.0 Å². The predicted octanol–water partition coefficient (Wildman–Crippen LogP) is 5.71. The summed E-state index contributed by atoms with van der Waals surface area (Å²) in [4.78, 5) is 32.5. The van der Waals surface area contributed by atoms with Gasteiger partial charge in [0, 0.05) is 12.0 Å². The van der Waals surface area contributed by atoms with Crippen LogP contribution in [0.15, 0.2) is 83.9 Å². The van der Waals surface area contributed by atoms with E-state index in [0.717, 1.165) is 22.5 Å². The van der Waals surface area contributed by atoms with Crippen molar-refractivity contribution in [2.45, 2.75) is 25.5 Å². The van der Waals surface area contributed by atoms with Crippen LogP contribution in [0.1, 0.15) is 27.9 Å². The van der Waals surface area contributed by atoms with Gasteiger partial charge in [-0.3, -0.25) is 14.5 Å². The van der Waals surface area contributed by atoms with Crippen molar-refractivity contribution in [3.8, 4) is 0 Å². The first-order chi connectivity index (χ1) is 14.5. The van der Waals surface area contributed by atoms with Crippen molar-refractivity contribution < 1.29 is 9.59 Å². The molecule has 3 aromatic rings. The zero-order valence-electron chi connectivity index (χ0n) is 16.9. The molecule has 1 fully saturated rings. The van der Waals surface area contributed by atoms with Crippen molar-refractivity contribution in [3.05, 3.63) is 95.6 Å². The van der Waals surface area contributed by atoms with E-state index >= 15 is 0 Å². The Balaban J connectivity index is 1.63. The zero-order valence-corrected chi connectivity index (χ0v) is 17.7. The number of rotatable bonds is 5. The van der Waals surface area contributed by atoms with E-state index in [-0.39, 0.29) is 18.1 Å². The Morgan fingerprint density at radius 2 is 1.60 bits per heavy atom. The van der Waals surface area contributed by atoms with Crippen molar-refractivity contribution in [2.24, 2.45) is 4.99 Å². The van der Waals surface area contributed by atoms with Gasteiger partial charge in [0.25, 0.3) is 0 Å². The van der Waals surface area contributed by atoms with Crippen LogP contribution in [0.4, 0.5) is 11.4 Å². The number of hydrogen-bond donors (Lipinski definition) is 0. The summed E-state index contributed by atoms with van der Waals surface area (Å²) in [5.41, 5.74) is 4.39. The molecule has 0 aromatic heterocycles. The first-order valence-corrected chi connectivity index (χ1v) is 10.7. The van der Waals surface area contributed by atoms with Gasteiger partial charge in [-0.1, -0.05) is 60.3 Å². The lowest BCUT2D eigenvalue weighted by Gasteiger charge is -2.16. The van der Waals surface area contributed by atoms with E-state index in [2.05, 4.69) is 0 Å². The maximum atomic E-state index is 13.3. The summed E-state index contributed by atoms with van der Waals surface area (Å²) in [6.45, 7) is 4.01. The zero-order chi connectivity index (χ0) is 21.1. The Morgan fingerprint density at radius 3 is 2.27 bits per heavy atom. The molecule has 4 nitrogen and oxygen atoms in total. The summed E-state index contributed by atoms with van der Waals surface area (Å²) < 4.78 is 0. The molecular formula is C25H22N2O2S. The number of carbonyl (C=O) groups is 2. The second-order valence-electron chi connectivity index (χ2n) is 7.27. The lowest BCUT2D eigenvalue weighted by Crippen LogP contribution is -2.32. The molecule has 1 atom stereocenters. The van der Waals surface area contributed by atoms with E-state index in [0.29, 0.717) is 10.7 Å². The molecule has 3 aromatic carbocycles. The van der Waals surface area contributed by atoms with Crippen molar-refractivity contribution in [3.63, 3.8) is 0 Å². The number of aryl methyl sites for hydroxylation is 2. The third-order valence-electron chi connectivity index (χ3n) is 5.13. The number of benzene rings is 3. The molecule has 150 valence electrons. The van der Waals surface area contributed by atoms with E-state index < -0.39 is 5.25 Å². The van der Waals surface area contributed by atoms with Crippen LogP contribution in [0.5, 0.6) is 0 Å². The minimum Gasteiger partial charge on any atom is -0.294 e. The summed E-state index contributed by atoms with van der Waals surface area (Å²) in [6, 6.07) is 24.7. The standard InChI is InChI=1S/C25H22N2O2S/c1-17-13-14-19(15-18(17)2)22(28)16-23-24(29)27(21-11-7-4-8-12-21)25(30-23)26-20-9-5-3-6-10-20/h3-15,23H,16H2,1-2H3. The van der Waals surface area contributed by atoms with Gasteiger partial charge in [-0.15, -0.1) is 0 Å². The van der Waals surface area contributed by atoms with E-state index in [4.69, 9.17) is 4.99 Å². The summed E-state index contributed by atoms with van der Waals surface area (Å²) in [5.74, 6) is -0.143. The second kappa shape index (κ2) is 8.67. The average molecular weight is 415 g/mol. The number of thioether (sulfide) groups is 1. The number of amides is 1. The maximum Gasteiger partial charge on any atom is 0.247 e. The van der Waals surface area contributed by atoms with Crippen molar-refractivity contribution in [1.29, 1.82) is 0 Å². The van der Waals surface area contributed by atoms with E-state index in [1.807, 2.05) is 92.7 Å². The number of nitrogens with zero attached hydrogens (tertiary/aromatic N) is 2. The number of carbonyl (C=O) groups excluding carboxylic acids is 2. The molecule has 0 bridgehead atoms. The molecule has 30 heavy (non-hydrogen) atoms. The van der Waals surface area contributed by atoms with Crippen LogP contribution in [0, 0.1) is 13.8 Å². The van der Waals surface area contributed by atoms with Gasteiger partial charge in [-0.05, 0) is 55.3 Å². The molecule has 1 heterocycles. The summed E-state index contributed by atoms with van der Waals surface area (Å²) >= 11 is 1.35. The second-order valence-corrected chi connectivity index (χ2v) is 8.44. The number of ketones is 1. The topological polar surface area (TPSA) is 49.7 Å². The molecule has 5 heteroatoms. The fourth-order valence-corrected chi connectivity index (χ4v) is 4.46. The smallest absolute Gasteiger partial charge is 0.247 e. The van der Waals surface area contributed by atoms with Crippen LogP contribution in [0.2, 0.25) is 0 Å². The van der Waals surface area contributed by atoms with Crippen LogP contribution in [-0.2, 0) is 4.79 Å². The Kier molecular flexibility index (Phi) is 5.81. The Morgan fingerprint density at radius 1 is 0.933 bits per heavy atom. The minimum atomic E-state index is -0.498. The van der Waals surface area contributed by atoms with Gasteiger partial charge in [0.1, 0.15) is 0 Å². The fourth-order valence-electron chi connectivity index (χ4n) is 3.30. The lowest BCUT2D eigenvalue weighted by atomic mass is 10.0. The van der Waals surface area contributed by atoms with Gasteiger partial charge in [0.2, 0.25) is 5.91 Å². The molecule has 0 N–H and O–H groups in total. The molecule has 1 saturated heterocycles. The number of hydrogen-bond acceptors (Lipinski definition) is 4. The maximum absolute atomic E-state index is 13.3. The SMILES string of the molecule is Cc1ccc(C(=O)CC2SC(=Nc3ccccc3)N(c3ccccc3)C2=O)cc1C. The Labute approximate surface area is 180 Å². The quantitative estimate of drug-likeness (QED) is 0.502. The normalized spacial score (nSPS) is 17.5. The highest BCUT2D eigenvalue weighted by Crippen LogP contribution is 2.35. The highest BCUT2D eigenvalue weighted by molar-refractivity contribution is 8.16. The average Bonchev–Trinajstić information content (AvgIpc) is 3.06. The number of Topliss-reactive ketones (excluding diaryl/α,β-unsaturated/α-hetero) is 1. The Bertz CT molecular complexity index is 1110. The molecule has 4 rings (SSSR count). The van der Waals surface area contributed by atoms with E-state index in [1.165, 1.54) is 11.8 Å². The number of amidine groups is 1. The van der Waals surface area contributed by atoms with Gasteiger partial charge < -0.3 is 0 Å². The highest BCUT2D eigenvalue weighted by Gasteiger charge is 2.40. The molecule has 1 unspecified atom stereocenters. The van der Waals surface area contributed by atoms with Gasteiger partial charge in [0.15, 0.2) is 11.0 Å². The summed E-state index contributed by atoms with van der Waals surface area (Å²) in [7, 11) is 0. The highest BCUT2D eigenvalue weighted by atomic mass is 32.2. The van der Waals surface area contributed by atoms with Crippen molar-refractivity contribution in [2.75, 3.05) is 4.90 Å². The largest absolute Gasteiger partial charge is 0.294 e. The number of para-hydroxylation sites is 2. The number of aliphatic imine (C=N–C) groups is 1. The minimum absolute atomic E-state index is 0.0297. The van der Waals surface area contributed by atoms with E-state index in [9.17, 15) is 9.59 Å². The molecule has 0 spiro atoms. The summed E-state index contributed by atoms with van der Waals surface area (Å²) in [5, 5.41) is 0.0945. The van der Waals surface area contributed by atoms with Crippen LogP contribution < -0.4 is 4.90 Å². The van der Waals surface area contributed by atoms with Crippen LogP contribution in [-0.4, -0.2) is 22.1 Å².